The minimum absolute atomic E-state index is 0.0763. The summed E-state index contributed by atoms with van der Waals surface area (Å²) in [5, 5.41) is -0.295. The van der Waals surface area contributed by atoms with E-state index in [9.17, 15) is 9.59 Å². The van der Waals surface area contributed by atoms with Crippen molar-refractivity contribution < 1.29 is 14.0 Å². The average molecular weight is 222 g/mol. The van der Waals surface area contributed by atoms with Gasteiger partial charge >= 0.3 is 0 Å². The number of ketones is 1. The number of thioether (sulfide) groups is 1. The molecule has 1 heterocycles. The van der Waals surface area contributed by atoms with E-state index in [1.807, 2.05) is 0 Å². The van der Waals surface area contributed by atoms with Crippen LogP contribution in [0.25, 0.3) is 0 Å². The minimum Gasteiger partial charge on any atom is -0.461 e. The summed E-state index contributed by atoms with van der Waals surface area (Å²) in [6, 6.07) is 3.12. The van der Waals surface area contributed by atoms with Crippen molar-refractivity contribution in [1.82, 2.24) is 0 Å². The van der Waals surface area contributed by atoms with Crippen LogP contribution in [0.1, 0.15) is 10.6 Å². The summed E-state index contributed by atoms with van der Waals surface area (Å²) in [6.45, 7) is 3.46. The molecular weight excluding hydrogens is 212 g/mol. The van der Waals surface area contributed by atoms with Crippen molar-refractivity contribution in [1.29, 1.82) is 0 Å². The van der Waals surface area contributed by atoms with Gasteiger partial charge < -0.3 is 4.42 Å². The lowest BCUT2D eigenvalue weighted by atomic mass is 10.1. The maximum atomic E-state index is 11.8. The Kier molecular flexibility index (Phi) is 4.12. The van der Waals surface area contributed by atoms with Gasteiger partial charge in [-0.2, -0.15) is 0 Å². The van der Waals surface area contributed by atoms with Crippen molar-refractivity contribution >= 4 is 22.7 Å². The molecule has 0 bridgehead atoms. The highest BCUT2D eigenvalue weighted by Crippen LogP contribution is 2.14. The lowest BCUT2D eigenvalue weighted by Gasteiger charge is -1.99. The summed E-state index contributed by atoms with van der Waals surface area (Å²) < 4.78 is 4.93. The predicted octanol–water partition coefficient (Wildman–Crippen LogP) is 2.46. The minimum atomic E-state index is -0.417. The fourth-order valence-electron chi connectivity index (χ4n) is 1.00. The predicted molar refractivity (Wildman–Crippen MR) is 59.8 cm³/mol. The Morgan fingerprint density at radius 2 is 2.27 bits per heavy atom. The Morgan fingerprint density at radius 3 is 2.73 bits per heavy atom. The van der Waals surface area contributed by atoms with Gasteiger partial charge in [0.15, 0.2) is 5.76 Å². The lowest BCUT2D eigenvalue weighted by molar-refractivity contribution is -0.107. The lowest BCUT2D eigenvalue weighted by Crippen LogP contribution is -2.09. The number of carbonyl (C=O) groups excluding carboxylic acids is 2. The SMILES string of the molecule is C=C/C=C(/C(=O)SC)C(=O)c1ccco1. The normalized spacial score (nSPS) is 11.1. The maximum Gasteiger partial charge on any atom is 0.232 e. The summed E-state index contributed by atoms with van der Waals surface area (Å²) in [5.41, 5.74) is 0.0763. The summed E-state index contributed by atoms with van der Waals surface area (Å²) in [5.74, 6) is -0.259. The largest absolute Gasteiger partial charge is 0.461 e. The third-order valence-corrected chi connectivity index (χ3v) is 2.27. The zero-order valence-electron chi connectivity index (χ0n) is 8.23. The van der Waals surface area contributed by atoms with Gasteiger partial charge in [0.1, 0.15) is 0 Å². The first-order valence-electron chi connectivity index (χ1n) is 4.20. The first-order chi connectivity index (χ1) is 7.20. The van der Waals surface area contributed by atoms with Crippen LogP contribution in [-0.4, -0.2) is 17.2 Å². The van der Waals surface area contributed by atoms with Crippen molar-refractivity contribution in [3.05, 3.63) is 48.5 Å². The van der Waals surface area contributed by atoms with Crippen molar-refractivity contribution in [2.75, 3.05) is 6.26 Å². The summed E-state index contributed by atoms with van der Waals surface area (Å²) in [6.07, 6.45) is 5.81. The Labute approximate surface area is 91.8 Å². The van der Waals surface area contributed by atoms with Crippen molar-refractivity contribution in [2.45, 2.75) is 0 Å². The molecule has 0 radical (unpaired) electrons. The topological polar surface area (TPSA) is 47.3 Å². The molecule has 0 saturated heterocycles. The van der Waals surface area contributed by atoms with Gasteiger partial charge in [-0.05, 0) is 24.5 Å². The van der Waals surface area contributed by atoms with Gasteiger partial charge in [0.05, 0.1) is 11.8 Å². The molecule has 0 aliphatic heterocycles. The highest BCUT2D eigenvalue weighted by molar-refractivity contribution is 8.13. The van der Waals surface area contributed by atoms with E-state index in [2.05, 4.69) is 6.58 Å². The highest BCUT2D eigenvalue weighted by Gasteiger charge is 2.20. The quantitative estimate of drug-likeness (QED) is 0.258. The van der Waals surface area contributed by atoms with Crippen LogP contribution in [0.4, 0.5) is 0 Å². The van der Waals surface area contributed by atoms with E-state index in [1.165, 1.54) is 24.5 Å². The summed E-state index contributed by atoms with van der Waals surface area (Å²) in [7, 11) is 0. The van der Waals surface area contributed by atoms with Crippen LogP contribution in [-0.2, 0) is 4.79 Å². The number of carbonyl (C=O) groups is 2. The van der Waals surface area contributed by atoms with E-state index in [1.54, 1.807) is 12.3 Å². The molecule has 78 valence electrons. The molecule has 3 nitrogen and oxygen atoms in total. The third-order valence-electron chi connectivity index (χ3n) is 1.68. The van der Waals surface area contributed by atoms with Crippen LogP contribution >= 0.6 is 11.8 Å². The average Bonchev–Trinajstić information content (AvgIpc) is 2.77. The molecule has 0 aromatic carbocycles. The van der Waals surface area contributed by atoms with Gasteiger partial charge in [0, 0.05) is 0 Å². The second kappa shape index (κ2) is 5.36. The van der Waals surface area contributed by atoms with E-state index in [4.69, 9.17) is 4.42 Å². The number of rotatable bonds is 4. The molecule has 1 aromatic rings. The zero-order valence-corrected chi connectivity index (χ0v) is 9.04. The summed E-state index contributed by atoms with van der Waals surface area (Å²) >= 11 is 0.981. The third kappa shape index (κ3) is 2.70. The zero-order chi connectivity index (χ0) is 11.3. The number of allylic oxidation sites excluding steroid dienone is 2. The molecule has 0 spiro atoms. The fourth-order valence-corrected chi connectivity index (χ4v) is 1.39. The van der Waals surface area contributed by atoms with Crippen LogP contribution < -0.4 is 0 Å². The van der Waals surface area contributed by atoms with E-state index >= 15 is 0 Å². The van der Waals surface area contributed by atoms with E-state index in [0.29, 0.717) is 0 Å². The Balaban J connectivity index is 3.02. The molecule has 1 aromatic heterocycles. The molecule has 0 saturated carbocycles. The van der Waals surface area contributed by atoms with Crippen LogP contribution in [0.5, 0.6) is 0 Å². The Morgan fingerprint density at radius 1 is 1.53 bits per heavy atom. The standard InChI is InChI=1S/C11H10O3S/c1-3-5-8(11(13)15-2)10(12)9-6-4-7-14-9/h3-7H,1H2,2H3/b8-5+. The number of Topliss-reactive ketones (excluding diaryl/α,β-unsaturated/α-hetero) is 1. The molecular formula is C11H10O3S. The molecule has 0 aliphatic carbocycles. The smallest absolute Gasteiger partial charge is 0.232 e. The number of hydrogen-bond acceptors (Lipinski definition) is 4. The first-order valence-corrected chi connectivity index (χ1v) is 5.42. The van der Waals surface area contributed by atoms with Crippen LogP contribution in [0.3, 0.4) is 0 Å². The van der Waals surface area contributed by atoms with Gasteiger partial charge in [0.25, 0.3) is 0 Å². The molecule has 4 heteroatoms. The van der Waals surface area contributed by atoms with Gasteiger partial charge in [-0.3, -0.25) is 9.59 Å². The van der Waals surface area contributed by atoms with Crippen LogP contribution in [0, 0.1) is 0 Å². The van der Waals surface area contributed by atoms with Crippen LogP contribution in [0.15, 0.2) is 47.1 Å². The number of furan rings is 1. The maximum absolute atomic E-state index is 11.8. The summed E-state index contributed by atoms with van der Waals surface area (Å²) in [4.78, 5) is 23.2. The van der Waals surface area contributed by atoms with E-state index < -0.39 is 5.78 Å². The molecule has 0 amide bonds. The molecule has 0 unspecified atom stereocenters. The van der Waals surface area contributed by atoms with Gasteiger partial charge in [0.2, 0.25) is 10.9 Å². The second-order valence-electron chi connectivity index (χ2n) is 2.61. The Hall–Kier alpha value is -1.55. The van der Waals surface area contributed by atoms with Gasteiger partial charge in [-0.25, -0.2) is 0 Å². The monoisotopic (exact) mass is 222 g/mol. The molecule has 0 fully saturated rings. The molecule has 0 N–H and O–H groups in total. The van der Waals surface area contributed by atoms with Crippen molar-refractivity contribution in [2.24, 2.45) is 0 Å². The molecule has 15 heavy (non-hydrogen) atoms. The van der Waals surface area contributed by atoms with Crippen molar-refractivity contribution in [3.8, 4) is 0 Å². The highest BCUT2D eigenvalue weighted by atomic mass is 32.2. The fraction of sp³-hybridized carbons (Fsp3) is 0.0909. The van der Waals surface area contributed by atoms with Crippen LogP contribution in [0.2, 0.25) is 0 Å². The van der Waals surface area contributed by atoms with Crippen molar-refractivity contribution in [3.63, 3.8) is 0 Å². The molecule has 1 rings (SSSR count). The van der Waals surface area contributed by atoms with E-state index in [0.717, 1.165) is 11.8 Å². The second-order valence-corrected chi connectivity index (χ2v) is 3.39. The van der Waals surface area contributed by atoms with Gasteiger partial charge in [-0.15, -0.1) is 0 Å². The van der Waals surface area contributed by atoms with Gasteiger partial charge in [-0.1, -0.05) is 24.4 Å². The van der Waals surface area contributed by atoms with E-state index in [-0.39, 0.29) is 16.4 Å². The molecule has 0 aliphatic rings. The Bertz CT molecular complexity index is 401. The number of hydrogen-bond donors (Lipinski definition) is 0. The first kappa shape index (κ1) is 11.5. The molecule has 0 atom stereocenters.